The molecule has 1 aliphatic carbocycles. The van der Waals surface area contributed by atoms with Gasteiger partial charge in [-0.15, -0.1) is 0 Å². The molecule has 0 unspecified atom stereocenters. The Bertz CT molecular complexity index is 1640. The molecule has 42 heavy (non-hydrogen) atoms. The molecule has 4 aliphatic rings. The molecule has 0 radical (unpaired) electrons. The Morgan fingerprint density at radius 2 is 1.62 bits per heavy atom. The van der Waals surface area contributed by atoms with Gasteiger partial charge in [0.2, 0.25) is 0 Å². The molecule has 4 atom stereocenters. The number of carbonyl (C=O) groups is 3. The molecule has 3 heterocycles. The summed E-state index contributed by atoms with van der Waals surface area (Å²) in [6.07, 6.45) is 4.97. The molecule has 7 rings (SSSR count). The SMILES string of the molecule is O=C1[C@H]2N=NN(CC(=O)N3N=C4/C(=C/c5ccccc5)CCC[C@@H]4[C@@H]3c3ccccc3)[C@H]2C(=O)N1c1ccc(Br)cc1. The zero-order chi connectivity index (χ0) is 28.8. The summed E-state index contributed by atoms with van der Waals surface area (Å²) in [7, 11) is 0. The Hall–Kier alpha value is -4.44. The minimum atomic E-state index is -0.980. The summed E-state index contributed by atoms with van der Waals surface area (Å²) in [5.41, 5.74) is 4.63. The van der Waals surface area contributed by atoms with E-state index >= 15 is 0 Å². The lowest BCUT2D eigenvalue weighted by Gasteiger charge is -2.30. The van der Waals surface area contributed by atoms with Crippen LogP contribution in [0.15, 0.2) is 110 Å². The van der Waals surface area contributed by atoms with E-state index in [2.05, 4.69) is 44.5 Å². The molecule has 9 nitrogen and oxygen atoms in total. The molecule has 1 saturated carbocycles. The van der Waals surface area contributed by atoms with Gasteiger partial charge in [-0.05, 0) is 66.3 Å². The van der Waals surface area contributed by atoms with Crippen LogP contribution in [0.3, 0.4) is 0 Å². The van der Waals surface area contributed by atoms with Gasteiger partial charge in [0.1, 0.15) is 6.54 Å². The van der Waals surface area contributed by atoms with E-state index in [0.29, 0.717) is 5.69 Å². The molecular formula is C32H27BrN6O3. The third-order valence-corrected chi connectivity index (χ3v) is 8.81. The number of nitrogens with zero attached hydrogens (tertiary/aromatic N) is 6. The van der Waals surface area contributed by atoms with Crippen molar-refractivity contribution in [1.82, 2.24) is 10.0 Å². The number of rotatable bonds is 5. The Labute approximate surface area is 251 Å². The number of imide groups is 1. The van der Waals surface area contributed by atoms with Gasteiger partial charge in [-0.25, -0.2) is 9.91 Å². The molecule has 210 valence electrons. The number of benzene rings is 3. The van der Waals surface area contributed by atoms with E-state index in [1.54, 1.807) is 29.3 Å². The molecule has 3 aliphatic heterocycles. The van der Waals surface area contributed by atoms with Gasteiger partial charge >= 0.3 is 0 Å². The van der Waals surface area contributed by atoms with E-state index in [0.717, 1.165) is 51.0 Å². The molecule has 3 amide bonds. The van der Waals surface area contributed by atoms with E-state index in [-0.39, 0.29) is 24.4 Å². The smallest absolute Gasteiger partial charge is 0.264 e. The van der Waals surface area contributed by atoms with E-state index in [1.807, 2.05) is 48.5 Å². The second-order valence-electron chi connectivity index (χ2n) is 10.8. The van der Waals surface area contributed by atoms with Crippen molar-refractivity contribution in [2.24, 2.45) is 21.4 Å². The number of carbonyl (C=O) groups excluding carboxylic acids is 3. The van der Waals surface area contributed by atoms with Crippen LogP contribution < -0.4 is 4.90 Å². The summed E-state index contributed by atoms with van der Waals surface area (Å²) in [4.78, 5) is 41.8. The normalized spacial score (nSPS) is 25.7. The van der Waals surface area contributed by atoms with Crippen LogP contribution in [0.1, 0.15) is 36.4 Å². The molecule has 2 fully saturated rings. The lowest BCUT2D eigenvalue weighted by molar-refractivity contribution is -0.136. The average molecular weight is 624 g/mol. The third kappa shape index (κ3) is 4.56. The Morgan fingerprint density at radius 3 is 2.36 bits per heavy atom. The fourth-order valence-electron chi connectivity index (χ4n) is 6.35. The zero-order valence-electron chi connectivity index (χ0n) is 22.6. The van der Waals surface area contributed by atoms with Crippen LogP contribution in [0.2, 0.25) is 0 Å². The van der Waals surface area contributed by atoms with Crippen LogP contribution in [0.4, 0.5) is 5.69 Å². The summed E-state index contributed by atoms with van der Waals surface area (Å²) in [5, 5.41) is 16.1. The number of allylic oxidation sites excluding steroid dienone is 1. The van der Waals surface area contributed by atoms with Gasteiger partial charge in [0.15, 0.2) is 12.1 Å². The molecule has 10 heteroatoms. The highest BCUT2D eigenvalue weighted by molar-refractivity contribution is 9.10. The topological polar surface area (TPSA) is 98.0 Å². The Balaban J connectivity index is 1.18. The van der Waals surface area contributed by atoms with Crippen molar-refractivity contribution in [3.05, 3.63) is 106 Å². The highest BCUT2D eigenvalue weighted by Gasteiger charge is 2.55. The fraction of sp³-hybridized carbons (Fsp3) is 0.250. The van der Waals surface area contributed by atoms with Crippen molar-refractivity contribution in [2.75, 3.05) is 11.4 Å². The van der Waals surface area contributed by atoms with Crippen LogP contribution in [-0.4, -0.2) is 52.1 Å². The largest absolute Gasteiger partial charge is 0.271 e. The summed E-state index contributed by atoms with van der Waals surface area (Å²) < 4.78 is 0.833. The highest BCUT2D eigenvalue weighted by atomic mass is 79.9. The van der Waals surface area contributed by atoms with Crippen molar-refractivity contribution >= 4 is 51.1 Å². The first-order chi connectivity index (χ1) is 20.5. The first-order valence-electron chi connectivity index (χ1n) is 14.0. The first kappa shape index (κ1) is 26.5. The van der Waals surface area contributed by atoms with Gasteiger partial charge in [-0.3, -0.25) is 19.4 Å². The number of hydrogen-bond acceptors (Lipinski definition) is 7. The molecule has 0 aromatic heterocycles. The summed E-state index contributed by atoms with van der Waals surface area (Å²) in [6.45, 7) is -0.220. The fourth-order valence-corrected chi connectivity index (χ4v) is 6.61. The molecule has 1 saturated heterocycles. The maximum Gasteiger partial charge on any atom is 0.264 e. The molecule has 0 bridgehead atoms. The quantitative estimate of drug-likeness (QED) is 0.348. The zero-order valence-corrected chi connectivity index (χ0v) is 24.2. The minimum absolute atomic E-state index is 0.0515. The van der Waals surface area contributed by atoms with Crippen molar-refractivity contribution in [1.29, 1.82) is 0 Å². The van der Waals surface area contributed by atoms with Crippen LogP contribution in [0.5, 0.6) is 0 Å². The maximum atomic E-state index is 14.0. The molecule has 3 aromatic rings. The van der Waals surface area contributed by atoms with Crippen LogP contribution in [-0.2, 0) is 14.4 Å². The Kier molecular flexibility index (Phi) is 6.78. The summed E-state index contributed by atoms with van der Waals surface area (Å²) >= 11 is 3.38. The van der Waals surface area contributed by atoms with Crippen molar-refractivity contribution in [3.63, 3.8) is 0 Å². The first-order valence-corrected chi connectivity index (χ1v) is 14.8. The number of halogens is 1. The molecule has 0 spiro atoms. The molecule has 0 N–H and O–H groups in total. The molecule has 3 aromatic carbocycles. The standard InChI is InChI=1S/C32H27BrN6O3/c33-23-14-16-24(17-15-23)38-31(41)28-30(32(38)42)37(36-34-28)19-26(40)39-29(21-10-5-2-6-11-21)25-13-7-12-22(27(25)35-39)18-20-8-3-1-4-9-20/h1-6,8-11,14-18,25,28-30H,7,12-13,19H2/b22-18+/t25-,28-,29-,30+/m0/s1. The second-order valence-corrected chi connectivity index (χ2v) is 11.8. The number of amides is 3. The maximum absolute atomic E-state index is 14.0. The van der Waals surface area contributed by atoms with Gasteiger partial charge < -0.3 is 0 Å². The van der Waals surface area contributed by atoms with Crippen molar-refractivity contribution in [2.45, 2.75) is 37.4 Å². The van der Waals surface area contributed by atoms with E-state index in [1.165, 1.54) is 5.01 Å². The number of anilines is 1. The third-order valence-electron chi connectivity index (χ3n) is 8.28. The van der Waals surface area contributed by atoms with E-state index < -0.39 is 23.9 Å². The van der Waals surface area contributed by atoms with E-state index in [9.17, 15) is 14.4 Å². The highest BCUT2D eigenvalue weighted by Crippen LogP contribution is 2.44. The summed E-state index contributed by atoms with van der Waals surface area (Å²) in [5.74, 6) is -1.14. The van der Waals surface area contributed by atoms with Crippen molar-refractivity contribution in [3.8, 4) is 0 Å². The van der Waals surface area contributed by atoms with Crippen LogP contribution in [0.25, 0.3) is 6.08 Å². The lowest BCUT2D eigenvalue weighted by atomic mass is 9.77. The monoisotopic (exact) mass is 622 g/mol. The van der Waals surface area contributed by atoms with Gasteiger partial charge in [0.25, 0.3) is 17.7 Å². The average Bonchev–Trinajstić information content (AvgIpc) is 3.68. The van der Waals surface area contributed by atoms with Gasteiger partial charge in [-0.1, -0.05) is 81.8 Å². The summed E-state index contributed by atoms with van der Waals surface area (Å²) in [6, 6.07) is 24.8. The minimum Gasteiger partial charge on any atom is -0.271 e. The van der Waals surface area contributed by atoms with Crippen molar-refractivity contribution < 1.29 is 14.4 Å². The van der Waals surface area contributed by atoms with Crippen LogP contribution in [0, 0.1) is 5.92 Å². The Morgan fingerprint density at radius 1 is 0.905 bits per heavy atom. The number of fused-ring (bicyclic) bond motifs is 2. The number of hydrazone groups is 1. The van der Waals surface area contributed by atoms with E-state index in [4.69, 9.17) is 5.10 Å². The van der Waals surface area contributed by atoms with Crippen LogP contribution >= 0.6 is 15.9 Å². The predicted octanol–water partition coefficient (Wildman–Crippen LogP) is 5.57. The second kappa shape index (κ2) is 10.8. The predicted molar refractivity (Wildman–Crippen MR) is 161 cm³/mol. The van der Waals surface area contributed by atoms with Gasteiger partial charge in [0.05, 0.1) is 17.4 Å². The number of hydrogen-bond donors (Lipinski definition) is 0. The van der Waals surface area contributed by atoms with Gasteiger partial charge in [-0.2, -0.15) is 10.2 Å². The lowest BCUT2D eigenvalue weighted by Crippen LogP contribution is -2.45. The molecular weight excluding hydrogens is 596 g/mol. The van der Waals surface area contributed by atoms with Gasteiger partial charge in [0, 0.05) is 10.4 Å².